The maximum Gasteiger partial charge on any atom is 0.0412 e. The topological polar surface area (TPSA) is 0 Å². The van der Waals surface area contributed by atoms with Crippen LogP contribution in [0.2, 0.25) is 0 Å². The summed E-state index contributed by atoms with van der Waals surface area (Å²) in [5, 5.41) is 0.749. The molecule has 0 N–H and O–H groups in total. The Hall–Kier alpha value is -0.710. The standard InChI is InChI=1S/C8H7Cl/c1-7-3-2-4-8(9)6-5-7/h2,4-6H,1H3. The second kappa shape index (κ2) is 2.72. The molecule has 9 heavy (non-hydrogen) atoms. The smallest absolute Gasteiger partial charge is 0.0412 e. The molecule has 0 heterocycles. The van der Waals surface area contributed by atoms with Gasteiger partial charge in [-0.2, -0.15) is 0 Å². The van der Waals surface area contributed by atoms with Gasteiger partial charge in [-0.3, -0.25) is 0 Å². The highest BCUT2D eigenvalue weighted by molar-refractivity contribution is 6.31. The van der Waals surface area contributed by atoms with Crippen molar-refractivity contribution in [2.45, 2.75) is 6.92 Å². The SMILES string of the molecule is CC1=C=CC=C(Cl)C=C1. The third-order valence-corrected chi connectivity index (χ3v) is 1.30. The highest BCUT2D eigenvalue weighted by atomic mass is 35.5. The van der Waals surface area contributed by atoms with Gasteiger partial charge in [0.1, 0.15) is 0 Å². The molecule has 0 unspecified atom stereocenters. The molecule has 0 atom stereocenters. The first kappa shape index (κ1) is 6.41. The van der Waals surface area contributed by atoms with Crippen LogP contribution in [0.15, 0.2) is 40.6 Å². The normalized spacial score (nSPS) is 16.7. The van der Waals surface area contributed by atoms with Gasteiger partial charge in [0.05, 0.1) is 0 Å². The van der Waals surface area contributed by atoms with Crippen molar-refractivity contribution in [1.29, 1.82) is 0 Å². The lowest BCUT2D eigenvalue weighted by molar-refractivity contribution is 1.55. The molecule has 0 aromatic carbocycles. The molecule has 0 bridgehead atoms. The molecule has 0 spiro atoms. The molecule has 1 aliphatic rings. The zero-order valence-corrected chi connectivity index (χ0v) is 5.94. The Morgan fingerprint density at radius 3 is 3.00 bits per heavy atom. The van der Waals surface area contributed by atoms with E-state index in [4.69, 9.17) is 11.6 Å². The molecule has 0 aromatic heterocycles. The van der Waals surface area contributed by atoms with Crippen LogP contribution in [0, 0.1) is 0 Å². The van der Waals surface area contributed by atoms with Crippen LogP contribution in [0.1, 0.15) is 6.92 Å². The van der Waals surface area contributed by atoms with Gasteiger partial charge in [-0.1, -0.05) is 17.7 Å². The molecule has 1 heteroatoms. The van der Waals surface area contributed by atoms with Gasteiger partial charge in [0, 0.05) is 5.03 Å². The van der Waals surface area contributed by atoms with Crippen molar-refractivity contribution in [2.75, 3.05) is 0 Å². The van der Waals surface area contributed by atoms with Crippen LogP contribution in [0.3, 0.4) is 0 Å². The number of rotatable bonds is 0. The van der Waals surface area contributed by atoms with Crippen molar-refractivity contribution in [3.63, 3.8) is 0 Å². The maximum absolute atomic E-state index is 5.68. The Morgan fingerprint density at radius 1 is 1.44 bits per heavy atom. The van der Waals surface area contributed by atoms with Gasteiger partial charge in [0.2, 0.25) is 0 Å². The Balaban J connectivity index is 2.96. The van der Waals surface area contributed by atoms with Crippen LogP contribution in [0.5, 0.6) is 0 Å². The first-order chi connectivity index (χ1) is 4.29. The molecular formula is C8H7Cl. The van der Waals surface area contributed by atoms with Crippen LogP contribution in [-0.2, 0) is 0 Å². The Bertz CT molecular complexity index is 225. The summed E-state index contributed by atoms with van der Waals surface area (Å²) in [6.07, 6.45) is 7.42. The van der Waals surface area contributed by atoms with Crippen LogP contribution >= 0.6 is 11.6 Å². The molecule has 0 amide bonds. The Labute approximate surface area is 59.8 Å². The predicted octanol–water partition coefficient (Wildman–Crippen LogP) is 2.78. The maximum atomic E-state index is 5.68. The van der Waals surface area contributed by atoms with Crippen molar-refractivity contribution in [3.05, 3.63) is 40.6 Å². The molecule has 1 rings (SSSR count). The quantitative estimate of drug-likeness (QED) is 0.452. The Kier molecular flexibility index (Phi) is 1.94. The fraction of sp³-hybridized carbons (Fsp3) is 0.125. The van der Waals surface area contributed by atoms with E-state index in [1.54, 1.807) is 0 Å². The van der Waals surface area contributed by atoms with Gasteiger partial charge >= 0.3 is 0 Å². The summed E-state index contributed by atoms with van der Waals surface area (Å²) in [5.41, 5.74) is 4.12. The molecule has 0 aliphatic heterocycles. The average Bonchev–Trinajstić information content (AvgIpc) is 1.97. The van der Waals surface area contributed by atoms with E-state index in [9.17, 15) is 0 Å². The molecule has 46 valence electrons. The fourth-order valence-corrected chi connectivity index (χ4v) is 0.687. The highest BCUT2D eigenvalue weighted by Crippen LogP contribution is 2.07. The summed E-state index contributed by atoms with van der Waals surface area (Å²) in [6.45, 7) is 1.98. The average molecular weight is 139 g/mol. The third kappa shape index (κ3) is 1.93. The van der Waals surface area contributed by atoms with E-state index in [1.807, 2.05) is 31.2 Å². The number of hydrogen-bond donors (Lipinski definition) is 0. The van der Waals surface area contributed by atoms with E-state index < -0.39 is 0 Å². The second-order valence-corrected chi connectivity index (χ2v) is 2.32. The van der Waals surface area contributed by atoms with E-state index in [0.717, 1.165) is 10.6 Å². The summed E-state index contributed by atoms with van der Waals surface area (Å²) >= 11 is 5.68. The summed E-state index contributed by atoms with van der Waals surface area (Å²) in [7, 11) is 0. The largest absolute Gasteiger partial charge is 0.118 e. The number of halogens is 1. The lowest BCUT2D eigenvalue weighted by atomic mass is 10.3. The van der Waals surface area contributed by atoms with Crippen LogP contribution in [0.4, 0.5) is 0 Å². The van der Waals surface area contributed by atoms with Gasteiger partial charge < -0.3 is 0 Å². The lowest BCUT2D eigenvalue weighted by Gasteiger charge is -1.80. The minimum atomic E-state index is 0.749. The predicted molar refractivity (Wildman–Crippen MR) is 40.3 cm³/mol. The minimum absolute atomic E-state index is 0.749. The van der Waals surface area contributed by atoms with Gasteiger partial charge in [0.25, 0.3) is 0 Å². The van der Waals surface area contributed by atoms with Crippen molar-refractivity contribution < 1.29 is 0 Å². The van der Waals surface area contributed by atoms with Crippen molar-refractivity contribution in [1.82, 2.24) is 0 Å². The van der Waals surface area contributed by atoms with Crippen molar-refractivity contribution in [3.8, 4) is 0 Å². The van der Waals surface area contributed by atoms with Gasteiger partial charge in [-0.25, -0.2) is 0 Å². The van der Waals surface area contributed by atoms with Crippen LogP contribution in [-0.4, -0.2) is 0 Å². The van der Waals surface area contributed by atoms with E-state index in [2.05, 4.69) is 5.73 Å². The summed E-state index contributed by atoms with van der Waals surface area (Å²) < 4.78 is 0. The van der Waals surface area contributed by atoms with Gasteiger partial charge in [0.15, 0.2) is 0 Å². The fourth-order valence-electron chi connectivity index (χ4n) is 0.561. The van der Waals surface area contributed by atoms with E-state index in [-0.39, 0.29) is 0 Å². The first-order valence-corrected chi connectivity index (χ1v) is 3.14. The first-order valence-electron chi connectivity index (χ1n) is 2.76. The lowest BCUT2D eigenvalue weighted by Crippen LogP contribution is -1.60. The molecular weight excluding hydrogens is 132 g/mol. The van der Waals surface area contributed by atoms with Crippen molar-refractivity contribution >= 4 is 11.6 Å². The molecule has 0 saturated carbocycles. The van der Waals surface area contributed by atoms with Crippen LogP contribution in [0.25, 0.3) is 0 Å². The second-order valence-electron chi connectivity index (χ2n) is 1.88. The highest BCUT2D eigenvalue weighted by Gasteiger charge is 1.85. The molecule has 0 saturated heterocycles. The summed E-state index contributed by atoms with van der Waals surface area (Å²) in [6, 6.07) is 0. The third-order valence-electron chi connectivity index (χ3n) is 1.05. The summed E-state index contributed by atoms with van der Waals surface area (Å²) in [4.78, 5) is 0. The molecule has 0 radical (unpaired) electrons. The monoisotopic (exact) mass is 138 g/mol. The van der Waals surface area contributed by atoms with E-state index in [1.165, 1.54) is 0 Å². The zero-order chi connectivity index (χ0) is 6.69. The molecule has 0 fully saturated rings. The van der Waals surface area contributed by atoms with Gasteiger partial charge in [-0.05, 0) is 30.7 Å². The minimum Gasteiger partial charge on any atom is -0.118 e. The van der Waals surface area contributed by atoms with Gasteiger partial charge in [-0.15, -0.1) is 5.73 Å². The Morgan fingerprint density at radius 2 is 2.22 bits per heavy atom. The van der Waals surface area contributed by atoms with Crippen molar-refractivity contribution in [2.24, 2.45) is 0 Å². The molecule has 0 aromatic rings. The van der Waals surface area contributed by atoms with Crippen LogP contribution < -0.4 is 0 Å². The van der Waals surface area contributed by atoms with E-state index >= 15 is 0 Å². The zero-order valence-electron chi connectivity index (χ0n) is 5.19. The van der Waals surface area contributed by atoms with E-state index in [0.29, 0.717) is 0 Å². The number of hydrogen-bond acceptors (Lipinski definition) is 0. The summed E-state index contributed by atoms with van der Waals surface area (Å²) in [5.74, 6) is 0. The number of allylic oxidation sites excluding steroid dienone is 5. The molecule has 0 nitrogen and oxygen atoms in total. The molecule has 1 aliphatic carbocycles.